The van der Waals surface area contributed by atoms with Gasteiger partial charge in [0.15, 0.2) is 0 Å². The molecule has 0 bridgehead atoms. The second-order valence-corrected chi connectivity index (χ2v) is 10.4. The smallest absolute Gasteiger partial charge is 0.322 e. The van der Waals surface area contributed by atoms with Crippen molar-refractivity contribution in [2.75, 3.05) is 25.0 Å². The van der Waals surface area contributed by atoms with Crippen LogP contribution in [0.1, 0.15) is 36.1 Å². The molecule has 6 nitrogen and oxygen atoms in total. The predicted molar refractivity (Wildman–Crippen MR) is 155 cm³/mol. The lowest BCUT2D eigenvalue weighted by molar-refractivity contribution is -0.132. The first-order chi connectivity index (χ1) is 18.3. The molecule has 0 unspecified atom stereocenters. The molecule has 3 amide bonds. The number of rotatable bonds is 10. The van der Waals surface area contributed by atoms with Crippen LogP contribution in [0.15, 0.2) is 79.0 Å². The summed E-state index contributed by atoms with van der Waals surface area (Å²) in [4.78, 5) is 33.9. The number of para-hydroxylation sites is 1. The molecule has 0 radical (unpaired) electrons. The number of benzene rings is 3. The highest BCUT2D eigenvalue weighted by molar-refractivity contribution is 5.93. The van der Waals surface area contributed by atoms with Gasteiger partial charge >= 0.3 is 6.03 Å². The number of aryl methyl sites for hydroxylation is 1. The minimum Gasteiger partial charge on any atom is -0.361 e. The molecule has 3 aromatic carbocycles. The van der Waals surface area contributed by atoms with Crippen molar-refractivity contribution >= 4 is 28.5 Å². The normalized spacial score (nSPS) is 11.1. The molecule has 6 heteroatoms. The van der Waals surface area contributed by atoms with Crippen molar-refractivity contribution in [3.63, 3.8) is 0 Å². The minimum atomic E-state index is -0.253. The van der Waals surface area contributed by atoms with E-state index in [1.807, 2.05) is 85.6 Å². The van der Waals surface area contributed by atoms with E-state index in [9.17, 15) is 9.59 Å². The molecule has 0 fully saturated rings. The van der Waals surface area contributed by atoms with E-state index in [4.69, 9.17) is 0 Å². The third-order valence-electron chi connectivity index (χ3n) is 6.94. The van der Waals surface area contributed by atoms with E-state index in [1.165, 1.54) is 10.9 Å². The minimum absolute atomic E-state index is 0.0234. The summed E-state index contributed by atoms with van der Waals surface area (Å²) < 4.78 is 0. The maximum Gasteiger partial charge on any atom is 0.322 e. The Kier molecular flexibility index (Phi) is 8.85. The van der Waals surface area contributed by atoms with Gasteiger partial charge in [0.1, 0.15) is 6.54 Å². The second-order valence-electron chi connectivity index (χ2n) is 10.4. The molecule has 4 aromatic rings. The summed E-state index contributed by atoms with van der Waals surface area (Å²) in [6.45, 7) is 9.70. The number of nitrogens with one attached hydrogen (secondary N) is 2. The molecule has 1 aromatic heterocycles. The van der Waals surface area contributed by atoms with Crippen molar-refractivity contribution in [2.45, 2.75) is 40.7 Å². The van der Waals surface area contributed by atoms with Crippen LogP contribution in [0.25, 0.3) is 10.9 Å². The highest BCUT2D eigenvalue weighted by atomic mass is 16.2. The average Bonchev–Trinajstić information content (AvgIpc) is 3.32. The molecular formula is C32H38N4O2. The van der Waals surface area contributed by atoms with Crippen molar-refractivity contribution in [3.8, 4) is 0 Å². The molecule has 0 saturated carbocycles. The number of nitrogens with zero attached hydrogens (tertiary/aromatic N) is 2. The Morgan fingerprint density at radius 2 is 1.63 bits per heavy atom. The highest BCUT2D eigenvalue weighted by Gasteiger charge is 2.23. The number of carbonyl (C=O) groups is 2. The SMILES string of the molecule is Cc1cccc(NC(=O)N(CC(=O)N(CCc2c[nH]c3ccccc23)Cc2ccccc2)CC(C)C)c1C. The van der Waals surface area contributed by atoms with E-state index < -0.39 is 0 Å². The Morgan fingerprint density at radius 1 is 0.895 bits per heavy atom. The van der Waals surface area contributed by atoms with E-state index >= 15 is 0 Å². The fourth-order valence-electron chi connectivity index (χ4n) is 4.69. The number of amides is 3. The Morgan fingerprint density at radius 3 is 2.39 bits per heavy atom. The fourth-order valence-corrected chi connectivity index (χ4v) is 4.69. The van der Waals surface area contributed by atoms with Gasteiger partial charge in [0, 0.05) is 42.4 Å². The second kappa shape index (κ2) is 12.5. The number of hydrogen-bond donors (Lipinski definition) is 2. The van der Waals surface area contributed by atoms with Crippen LogP contribution < -0.4 is 5.32 Å². The van der Waals surface area contributed by atoms with Gasteiger partial charge in [0.25, 0.3) is 0 Å². The predicted octanol–water partition coefficient (Wildman–Crippen LogP) is 6.55. The Balaban J connectivity index is 1.52. The average molecular weight is 511 g/mol. The van der Waals surface area contributed by atoms with Gasteiger partial charge in [0.2, 0.25) is 5.91 Å². The molecule has 0 aliphatic carbocycles. The van der Waals surface area contributed by atoms with Crippen molar-refractivity contribution in [2.24, 2.45) is 5.92 Å². The standard InChI is InChI=1S/C32H38N4O2/c1-23(2)20-36(32(38)34-29-16-10-11-24(3)25(29)4)22-31(37)35(21-26-12-6-5-7-13-26)18-17-27-19-33-30-15-9-8-14-28(27)30/h5-16,19,23,33H,17-18,20-22H2,1-4H3,(H,34,38). The monoisotopic (exact) mass is 510 g/mol. The number of H-pyrrole nitrogens is 1. The molecule has 2 N–H and O–H groups in total. The largest absolute Gasteiger partial charge is 0.361 e. The van der Waals surface area contributed by atoms with Gasteiger partial charge in [0.05, 0.1) is 0 Å². The number of anilines is 1. The highest BCUT2D eigenvalue weighted by Crippen LogP contribution is 2.20. The number of aromatic amines is 1. The number of carbonyl (C=O) groups excluding carboxylic acids is 2. The van der Waals surface area contributed by atoms with Crippen molar-refractivity contribution in [1.82, 2.24) is 14.8 Å². The van der Waals surface area contributed by atoms with Crippen LogP contribution in [-0.4, -0.2) is 46.4 Å². The fraction of sp³-hybridized carbons (Fsp3) is 0.312. The quantitative estimate of drug-likeness (QED) is 0.254. The van der Waals surface area contributed by atoms with Crippen LogP contribution in [0.4, 0.5) is 10.5 Å². The van der Waals surface area contributed by atoms with Gasteiger partial charge in [-0.15, -0.1) is 0 Å². The summed E-state index contributed by atoms with van der Waals surface area (Å²) in [5.74, 6) is 0.159. The molecule has 0 aliphatic rings. The number of fused-ring (bicyclic) bond motifs is 1. The van der Waals surface area contributed by atoms with Gasteiger partial charge in [-0.25, -0.2) is 4.79 Å². The van der Waals surface area contributed by atoms with Crippen LogP contribution >= 0.6 is 0 Å². The van der Waals surface area contributed by atoms with Gasteiger partial charge in [-0.2, -0.15) is 0 Å². The van der Waals surface area contributed by atoms with E-state index in [0.29, 0.717) is 19.6 Å². The zero-order valence-electron chi connectivity index (χ0n) is 22.8. The van der Waals surface area contributed by atoms with Crippen LogP contribution in [0.3, 0.4) is 0 Å². The molecule has 0 saturated heterocycles. The lowest BCUT2D eigenvalue weighted by atomic mass is 10.1. The lowest BCUT2D eigenvalue weighted by Gasteiger charge is -2.29. The maximum atomic E-state index is 13.7. The summed E-state index contributed by atoms with van der Waals surface area (Å²) in [6, 6.07) is 23.8. The Labute approximate surface area is 225 Å². The summed E-state index contributed by atoms with van der Waals surface area (Å²) in [7, 11) is 0. The molecule has 198 valence electrons. The Hall–Kier alpha value is -4.06. The third kappa shape index (κ3) is 6.82. The molecule has 0 spiro atoms. The molecular weight excluding hydrogens is 472 g/mol. The van der Waals surface area contributed by atoms with Gasteiger partial charge in [-0.05, 0) is 60.6 Å². The first-order valence-electron chi connectivity index (χ1n) is 13.3. The number of urea groups is 1. The number of aromatic nitrogens is 1. The van der Waals surface area contributed by atoms with Gasteiger partial charge in [-0.3, -0.25) is 4.79 Å². The number of hydrogen-bond acceptors (Lipinski definition) is 2. The summed E-state index contributed by atoms with van der Waals surface area (Å²) in [6.07, 6.45) is 2.75. The first kappa shape index (κ1) is 27.0. The van der Waals surface area contributed by atoms with Crippen molar-refractivity contribution in [1.29, 1.82) is 0 Å². The van der Waals surface area contributed by atoms with Crippen LogP contribution in [0, 0.1) is 19.8 Å². The zero-order chi connectivity index (χ0) is 27.1. The summed E-state index contributed by atoms with van der Waals surface area (Å²) >= 11 is 0. The Bertz CT molecular complexity index is 1380. The van der Waals surface area contributed by atoms with Gasteiger partial charge < -0.3 is 20.1 Å². The van der Waals surface area contributed by atoms with E-state index in [-0.39, 0.29) is 24.4 Å². The molecule has 0 atom stereocenters. The molecule has 4 rings (SSSR count). The van der Waals surface area contributed by atoms with Crippen LogP contribution in [0.5, 0.6) is 0 Å². The maximum absolute atomic E-state index is 13.7. The topological polar surface area (TPSA) is 68.4 Å². The van der Waals surface area contributed by atoms with E-state index in [0.717, 1.165) is 34.3 Å². The summed E-state index contributed by atoms with van der Waals surface area (Å²) in [5.41, 5.74) is 6.25. The third-order valence-corrected chi connectivity index (χ3v) is 6.94. The van der Waals surface area contributed by atoms with E-state index in [2.05, 4.69) is 36.3 Å². The molecule has 1 heterocycles. The van der Waals surface area contributed by atoms with Crippen molar-refractivity contribution < 1.29 is 9.59 Å². The van der Waals surface area contributed by atoms with Crippen molar-refractivity contribution in [3.05, 3.63) is 101 Å². The van der Waals surface area contributed by atoms with E-state index in [1.54, 1.807) is 4.90 Å². The summed E-state index contributed by atoms with van der Waals surface area (Å²) in [5, 5.41) is 4.21. The zero-order valence-corrected chi connectivity index (χ0v) is 22.8. The van der Waals surface area contributed by atoms with Gasteiger partial charge in [-0.1, -0.05) is 74.5 Å². The molecule has 0 aliphatic heterocycles. The van der Waals surface area contributed by atoms with Crippen LogP contribution in [-0.2, 0) is 17.8 Å². The lowest BCUT2D eigenvalue weighted by Crippen LogP contribution is -2.46. The van der Waals surface area contributed by atoms with Crippen LogP contribution in [0.2, 0.25) is 0 Å². The molecule has 38 heavy (non-hydrogen) atoms. The first-order valence-corrected chi connectivity index (χ1v) is 13.3.